The smallest absolute Gasteiger partial charge is 0.255 e. The second kappa shape index (κ2) is 7.28. The highest BCUT2D eigenvalue weighted by Gasteiger charge is 2.16. The lowest BCUT2D eigenvalue weighted by molar-refractivity contribution is 0.102. The van der Waals surface area contributed by atoms with Crippen LogP contribution in [0.4, 0.5) is 15.9 Å². The summed E-state index contributed by atoms with van der Waals surface area (Å²) in [5, 5.41) is 3.71. The molecular formula is C20H19FN4O2. The van der Waals surface area contributed by atoms with Crippen molar-refractivity contribution in [2.24, 2.45) is 0 Å². The van der Waals surface area contributed by atoms with Crippen molar-refractivity contribution in [3.05, 3.63) is 59.7 Å². The number of fused-ring (bicyclic) bond motifs is 1. The standard InChI is InChI=1S/C20H19FN4O2/c1-13-2-3-14(10-17(13)21)20(26)24-15-4-5-16-18(11-15)22-12-23-19(16)25-6-8-27-9-7-25/h2-5,10-12H,6-9H2,1H3,(H,24,26). The van der Waals surface area contributed by atoms with Crippen molar-refractivity contribution in [1.29, 1.82) is 0 Å². The van der Waals surface area contributed by atoms with Crippen molar-refractivity contribution in [2.75, 3.05) is 36.5 Å². The molecule has 1 amide bonds. The zero-order valence-corrected chi connectivity index (χ0v) is 14.9. The molecule has 1 aromatic heterocycles. The van der Waals surface area contributed by atoms with Gasteiger partial charge in [-0.05, 0) is 42.8 Å². The maximum atomic E-state index is 13.7. The molecule has 2 aromatic carbocycles. The minimum absolute atomic E-state index is 0.273. The zero-order valence-electron chi connectivity index (χ0n) is 14.9. The number of benzene rings is 2. The van der Waals surface area contributed by atoms with E-state index in [-0.39, 0.29) is 11.5 Å². The molecule has 7 heteroatoms. The Balaban J connectivity index is 1.60. The van der Waals surface area contributed by atoms with Gasteiger partial charge in [0.25, 0.3) is 5.91 Å². The van der Waals surface area contributed by atoms with Crippen molar-refractivity contribution in [3.8, 4) is 0 Å². The van der Waals surface area contributed by atoms with Gasteiger partial charge in [-0.1, -0.05) is 6.07 Å². The minimum atomic E-state index is -0.399. The molecule has 2 heterocycles. The van der Waals surface area contributed by atoms with Crippen molar-refractivity contribution in [1.82, 2.24) is 9.97 Å². The van der Waals surface area contributed by atoms with Crippen molar-refractivity contribution < 1.29 is 13.9 Å². The minimum Gasteiger partial charge on any atom is -0.378 e. The molecule has 6 nitrogen and oxygen atoms in total. The Labute approximate surface area is 156 Å². The first kappa shape index (κ1) is 17.4. The fraction of sp³-hybridized carbons (Fsp3) is 0.250. The molecule has 0 unspecified atom stereocenters. The van der Waals surface area contributed by atoms with Gasteiger partial charge in [-0.15, -0.1) is 0 Å². The van der Waals surface area contributed by atoms with Crippen LogP contribution in [0.1, 0.15) is 15.9 Å². The van der Waals surface area contributed by atoms with Crippen LogP contribution in [0.2, 0.25) is 0 Å². The van der Waals surface area contributed by atoms with Crippen LogP contribution in [0.25, 0.3) is 10.9 Å². The van der Waals surface area contributed by atoms with Gasteiger partial charge in [0.1, 0.15) is 18.0 Å². The molecule has 27 heavy (non-hydrogen) atoms. The van der Waals surface area contributed by atoms with E-state index in [1.807, 2.05) is 6.07 Å². The first-order chi connectivity index (χ1) is 13.1. The monoisotopic (exact) mass is 366 g/mol. The third-order valence-electron chi connectivity index (χ3n) is 4.62. The Bertz CT molecular complexity index is 1000. The fourth-order valence-electron chi connectivity index (χ4n) is 3.09. The first-order valence-corrected chi connectivity index (χ1v) is 8.77. The average Bonchev–Trinajstić information content (AvgIpc) is 2.70. The van der Waals surface area contributed by atoms with E-state index in [0.717, 1.165) is 29.8 Å². The summed E-state index contributed by atoms with van der Waals surface area (Å²) in [5.41, 5.74) is 2.11. The molecule has 0 saturated carbocycles. The van der Waals surface area contributed by atoms with Crippen molar-refractivity contribution in [3.63, 3.8) is 0 Å². The Hall–Kier alpha value is -3.06. The maximum absolute atomic E-state index is 13.7. The zero-order chi connectivity index (χ0) is 18.8. The van der Waals surface area contributed by atoms with E-state index in [1.54, 1.807) is 31.2 Å². The van der Waals surface area contributed by atoms with E-state index in [4.69, 9.17) is 4.74 Å². The molecule has 0 bridgehead atoms. The Morgan fingerprint density at radius 1 is 1.15 bits per heavy atom. The quantitative estimate of drug-likeness (QED) is 0.771. The first-order valence-electron chi connectivity index (χ1n) is 8.77. The van der Waals surface area contributed by atoms with Crippen LogP contribution in [0.3, 0.4) is 0 Å². The van der Waals surface area contributed by atoms with Gasteiger partial charge in [-0.25, -0.2) is 14.4 Å². The van der Waals surface area contributed by atoms with Gasteiger partial charge in [0.05, 0.1) is 18.7 Å². The predicted molar refractivity (Wildman–Crippen MR) is 102 cm³/mol. The average molecular weight is 366 g/mol. The number of hydrogen-bond acceptors (Lipinski definition) is 5. The van der Waals surface area contributed by atoms with E-state index < -0.39 is 5.82 Å². The number of carbonyl (C=O) groups is 1. The number of nitrogens with one attached hydrogen (secondary N) is 1. The lowest BCUT2D eigenvalue weighted by Crippen LogP contribution is -2.36. The highest BCUT2D eigenvalue weighted by atomic mass is 19.1. The fourth-order valence-corrected chi connectivity index (χ4v) is 3.09. The molecule has 0 aliphatic carbocycles. The maximum Gasteiger partial charge on any atom is 0.255 e. The Kier molecular flexibility index (Phi) is 4.68. The third-order valence-corrected chi connectivity index (χ3v) is 4.62. The van der Waals surface area contributed by atoms with Gasteiger partial charge < -0.3 is 15.0 Å². The molecule has 1 fully saturated rings. The van der Waals surface area contributed by atoms with Crippen LogP contribution in [-0.2, 0) is 4.74 Å². The number of halogens is 1. The number of ether oxygens (including phenoxy) is 1. The number of anilines is 2. The summed E-state index contributed by atoms with van der Waals surface area (Å²) in [6, 6.07) is 9.93. The number of hydrogen-bond donors (Lipinski definition) is 1. The van der Waals surface area contributed by atoms with Gasteiger partial charge >= 0.3 is 0 Å². The second-order valence-electron chi connectivity index (χ2n) is 6.45. The lowest BCUT2D eigenvalue weighted by atomic mass is 10.1. The van der Waals surface area contributed by atoms with Crippen LogP contribution in [0.15, 0.2) is 42.7 Å². The second-order valence-corrected chi connectivity index (χ2v) is 6.45. The van der Waals surface area contributed by atoms with Gasteiger partial charge in [-0.2, -0.15) is 0 Å². The third kappa shape index (κ3) is 3.59. The van der Waals surface area contributed by atoms with Crippen molar-refractivity contribution >= 4 is 28.3 Å². The summed E-state index contributed by atoms with van der Waals surface area (Å²) in [4.78, 5) is 23.3. The van der Waals surface area contributed by atoms with Crippen LogP contribution in [0.5, 0.6) is 0 Å². The number of amides is 1. The van der Waals surface area contributed by atoms with Gasteiger partial charge in [0, 0.05) is 29.7 Å². The topological polar surface area (TPSA) is 67.4 Å². The molecular weight excluding hydrogens is 347 g/mol. The van der Waals surface area contributed by atoms with Gasteiger partial charge in [-0.3, -0.25) is 4.79 Å². The van der Waals surface area contributed by atoms with E-state index >= 15 is 0 Å². The summed E-state index contributed by atoms with van der Waals surface area (Å²) < 4.78 is 19.1. The van der Waals surface area contributed by atoms with E-state index in [1.165, 1.54) is 12.4 Å². The van der Waals surface area contributed by atoms with Crippen molar-refractivity contribution in [2.45, 2.75) is 6.92 Å². The summed E-state index contributed by atoms with van der Waals surface area (Å²) in [5.74, 6) is 0.0987. The molecule has 3 aromatic rings. The molecule has 1 N–H and O–H groups in total. The number of carbonyl (C=O) groups excluding carboxylic acids is 1. The number of morpholine rings is 1. The van der Waals surface area contributed by atoms with E-state index in [0.29, 0.717) is 24.5 Å². The SMILES string of the molecule is Cc1ccc(C(=O)Nc2ccc3c(N4CCOCC4)ncnc3c2)cc1F. The largest absolute Gasteiger partial charge is 0.378 e. The van der Waals surface area contributed by atoms with E-state index in [2.05, 4.69) is 20.2 Å². The highest BCUT2D eigenvalue weighted by molar-refractivity contribution is 6.05. The number of aryl methyl sites for hydroxylation is 1. The van der Waals surface area contributed by atoms with Gasteiger partial charge in [0.2, 0.25) is 0 Å². The predicted octanol–water partition coefficient (Wildman–Crippen LogP) is 3.17. The molecule has 0 radical (unpaired) electrons. The Morgan fingerprint density at radius 3 is 2.74 bits per heavy atom. The number of rotatable bonds is 3. The molecule has 138 valence electrons. The summed E-state index contributed by atoms with van der Waals surface area (Å²) >= 11 is 0. The molecule has 0 atom stereocenters. The number of nitrogens with zero attached hydrogens (tertiary/aromatic N) is 3. The van der Waals surface area contributed by atoms with Gasteiger partial charge in [0.15, 0.2) is 0 Å². The van der Waals surface area contributed by atoms with Crippen LogP contribution in [-0.4, -0.2) is 42.2 Å². The molecule has 1 saturated heterocycles. The number of aromatic nitrogens is 2. The lowest BCUT2D eigenvalue weighted by Gasteiger charge is -2.28. The summed E-state index contributed by atoms with van der Waals surface area (Å²) in [6.45, 7) is 4.57. The summed E-state index contributed by atoms with van der Waals surface area (Å²) in [6.07, 6.45) is 1.52. The molecule has 0 spiro atoms. The molecule has 4 rings (SSSR count). The summed E-state index contributed by atoms with van der Waals surface area (Å²) in [7, 11) is 0. The van der Waals surface area contributed by atoms with Crippen LogP contribution in [0, 0.1) is 12.7 Å². The Morgan fingerprint density at radius 2 is 1.96 bits per heavy atom. The molecule has 1 aliphatic heterocycles. The van der Waals surface area contributed by atoms with Crippen LogP contribution >= 0.6 is 0 Å². The molecule has 1 aliphatic rings. The highest BCUT2D eigenvalue weighted by Crippen LogP contribution is 2.26. The van der Waals surface area contributed by atoms with E-state index in [9.17, 15) is 9.18 Å². The normalized spacial score (nSPS) is 14.4. The van der Waals surface area contributed by atoms with Crippen LogP contribution < -0.4 is 10.2 Å².